The van der Waals surface area contributed by atoms with Crippen LogP contribution < -0.4 is 11.1 Å². The summed E-state index contributed by atoms with van der Waals surface area (Å²) in [6, 6.07) is 1.74. The largest absolute Gasteiger partial charge is 0.360 e. The predicted molar refractivity (Wildman–Crippen MR) is 105 cm³/mol. The highest BCUT2D eigenvalue weighted by atomic mass is 16.5. The quantitative estimate of drug-likeness (QED) is 0.807. The molecule has 2 aliphatic carbocycles. The molecule has 154 valence electrons. The Balaban J connectivity index is 1.38. The lowest BCUT2D eigenvalue weighted by Crippen LogP contribution is -2.62. The molecule has 1 aromatic heterocycles. The van der Waals surface area contributed by atoms with E-state index in [4.69, 9.17) is 10.3 Å². The first-order valence-electron chi connectivity index (χ1n) is 10.8. The molecule has 0 aromatic carbocycles. The van der Waals surface area contributed by atoms with Gasteiger partial charge in [0.05, 0.1) is 5.54 Å². The van der Waals surface area contributed by atoms with Crippen molar-refractivity contribution >= 4 is 11.8 Å². The molecule has 2 saturated carbocycles. The number of nitrogens with zero attached hydrogens (tertiary/aromatic N) is 2. The zero-order valence-corrected chi connectivity index (χ0v) is 16.8. The van der Waals surface area contributed by atoms with E-state index in [0.29, 0.717) is 31.1 Å². The summed E-state index contributed by atoms with van der Waals surface area (Å²) in [6.45, 7) is 3.08. The van der Waals surface area contributed by atoms with Crippen molar-refractivity contribution in [1.82, 2.24) is 15.4 Å². The Morgan fingerprint density at radius 2 is 2.00 bits per heavy atom. The monoisotopic (exact) mass is 388 g/mol. The minimum absolute atomic E-state index is 0.0162. The Morgan fingerprint density at radius 3 is 2.68 bits per heavy atom. The minimum Gasteiger partial charge on any atom is -0.360 e. The van der Waals surface area contributed by atoms with E-state index in [2.05, 4.69) is 10.5 Å². The molecule has 7 nitrogen and oxygen atoms in total. The van der Waals surface area contributed by atoms with E-state index in [1.807, 2.05) is 11.8 Å². The SMILES string of the molecule is CC1(CN)CC(NC(=O)c2cc(C3CC3)on2)CCN1C(=O)C1CCCCC1. The summed E-state index contributed by atoms with van der Waals surface area (Å²) in [4.78, 5) is 27.7. The van der Waals surface area contributed by atoms with Crippen LogP contribution in [0.5, 0.6) is 0 Å². The van der Waals surface area contributed by atoms with Gasteiger partial charge in [0.15, 0.2) is 5.69 Å². The summed E-state index contributed by atoms with van der Waals surface area (Å²) >= 11 is 0. The van der Waals surface area contributed by atoms with Gasteiger partial charge in [-0.15, -0.1) is 0 Å². The molecular weight excluding hydrogens is 356 g/mol. The molecule has 3 N–H and O–H groups in total. The van der Waals surface area contributed by atoms with Crippen LogP contribution >= 0.6 is 0 Å². The number of hydrogen-bond acceptors (Lipinski definition) is 5. The van der Waals surface area contributed by atoms with Gasteiger partial charge in [-0.05, 0) is 45.4 Å². The molecule has 0 spiro atoms. The average Bonchev–Trinajstić information content (AvgIpc) is 3.44. The van der Waals surface area contributed by atoms with Crippen molar-refractivity contribution in [3.05, 3.63) is 17.5 Å². The van der Waals surface area contributed by atoms with Crippen LogP contribution in [0.2, 0.25) is 0 Å². The Morgan fingerprint density at radius 1 is 1.25 bits per heavy atom. The van der Waals surface area contributed by atoms with Gasteiger partial charge in [-0.3, -0.25) is 9.59 Å². The zero-order chi connectivity index (χ0) is 19.7. The maximum atomic E-state index is 13.1. The molecule has 3 fully saturated rings. The third kappa shape index (κ3) is 3.95. The normalized spacial score (nSPS) is 28.9. The van der Waals surface area contributed by atoms with Crippen molar-refractivity contribution in [3.8, 4) is 0 Å². The number of nitrogens with two attached hydrogens (primary N) is 1. The molecule has 2 heterocycles. The standard InChI is InChI=1S/C21H32N4O3/c1-21(13-22)12-16(9-10-25(21)20(27)15-5-3-2-4-6-15)23-19(26)17-11-18(28-24-17)14-7-8-14/h11,14-16H,2-10,12-13,22H2,1H3,(H,23,26). The molecule has 3 aliphatic rings. The van der Waals surface area contributed by atoms with Crippen LogP contribution in [-0.2, 0) is 4.79 Å². The molecule has 2 unspecified atom stereocenters. The first-order valence-corrected chi connectivity index (χ1v) is 10.8. The lowest BCUT2D eigenvalue weighted by molar-refractivity contribution is -0.145. The number of amides is 2. The number of piperidine rings is 1. The second-order valence-electron chi connectivity index (χ2n) is 9.08. The lowest BCUT2D eigenvalue weighted by Gasteiger charge is -2.48. The number of rotatable bonds is 5. The van der Waals surface area contributed by atoms with Crippen molar-refractivity contribution in [2.24, 2.45) is 11.7 Å². The molecule has 2 atom stereocenters. The Labute approximate surface area is 166 Å². The van der Waals surface area contributed by atoms with Crippen LogP contribution in [0.3, 0.4) is 0 Å². The average molecular weight is 389 g/mol. The highest BCUT2D eigenvalue weighted by Gasteiger charge is 2.42. The third-order valence-corrected chi connectivity index (χ3v) is 6.78. The van der Waals surface area contributed by atoms with E-state index >= 15 is 0 Å². The van der Waals surface area contributed by atoms with Crippen LogP contribution in [0.4, 0.5) is 0 Å². The summed E-state index contributed by atoms with van der Waals surface area (Å²) in [5, 5.41) is 7.01. The molecule has 4 rings (SSSR count). The van der Waals surface area contributed by atoms with E-state index < -0.39 is 5.54 Å². The predicted octanol–water partition coefficient (Wildman–Crippen LogP) is 2.57. The van der Waals surface area contributed by atoms with Gasteiger partial charge >= 0.3 is 0 Å². The molecule has 1 aliphatic heterocycles. The molecular formula is C21H32N4O3. The highest BCUT2D eigenvalue weighted by molar-refractivity contribution is 5.92. The van der Waals surface area contributed by atoms with Gasteiger partial charge < -0.3 is 20.5 Å². The second-order valence-corrected chi connectivity index (χ2v) is 9.08. The fourth-order valence-electron chi connectivity index (χ4n) is 4.78. The summed E-state index contributed by atoms with van der Waals surface area (Å²) in [5.41, 5.74) is 6.03. The van der Waals surface area contributed by atoms with Crippen molar-refractivity contribution in [1.29, 1.82) is 0 Å². The van der Waals surface area contributed by atoms with E-state index in [1.165, 1.54) is 6.42 Å². The Bertz CT molecular complexity index is 723. The van der Waals surface area contributed by atoms with E-state index in [9.17, 15) is 9.59 Å². The molecule has 7 heteroatoms. The van der Waals surface area contributed by atoms with Crippen molar-refractivity contribution in [2.75, 3.05) is 13.1 Å². The zero-order valence-electron chi connectivity index (χ0n) is 16.8. The molecule has 0 radical (unpaired) electrons. The maximum absolute atomic E-state index is 13.1. The van der Waals surface area contributed by atoms with Crippen molar-refractivity contribution in [3.63, 3.8) is 0 Å². The molecule has 1 saturated heterocycles. The van der Waals surface area contributed by atoms with E-state index in [0.717, 1.165) is 50.7 Å². The van der Waals surface area contributed by atoms with Gasteiger partial charge in [-0.1, -0.05) is 24.4 Å². The number of aromatic nitrogens is 1. The minimum atomic E-state index is -0.423. The summed E-state index contributed by atoms with van der Waals surface area (Å²) in [5.74, 6) is 1.44. The number of carbonyl (C=O) groups is 2. The Kier molecular flexibility index (Phi) is 5.45. The molecule has 1 aromatic rings. The fourth-order valence-corrected chi connectivity index (χ4v) is 4.78. The van der Waals surface area contributed by atoms with Gasteiger partial charge in [-0.25, -0.2) is 0 Å². The highest BCUT2D eigenvalue weighted by Crippen LogP contribution is 2.40. The fraction of sp³-hybridized carbons (Fsp3) is 0.762. The van der Waals surface area contributed by atoms with Gasteiger partial charge in [0.1, 0.15) is 5.76 Å². The lowest BCUT2D eigenvalue weighted by atomic mass is 9.81. The summed E-state index contributed by atoms with van der Waals surface area (Å²) in [7, 11) is 0. The summed E-state index contributed by atoms with van der Waals surface area (Å²) < 4.78 is 5.29. The van der Waals surface area contributed by atoms with Crippen LogP contribution in [0.15, 0.2) is 10.6 Å². The number of carbonyl (C=O) groups excluding carboxylic acids is 2. The number of nitrogens with one attached hydrogen (secondary N) is 1. The first-order chi connectivity index (χ1) is 13.5. The van der Waals surface area contributed by atoms with E-state index in [-0.39, 0.29) is 23.8 Å². The van der Waals surface area contributed by atoms with Crippen LogP contribution in [0, 0.1) is 5.92 Å². The maximum Gasteiger partial charge on any atom is 0.273 e. The number of hydrogen-bond donors (Lipinski definition) is 2. The van der Waals surface area contributed by atoms with Gasteiger partial charge in [0.25, 0.3) is 5.91 Å². The van der Waals surface area contributed by atoms with Gasteiger partial charge in [-0.2, -0.15) is 0 Å². The first kappa shape index (κ1) is 19.4. The van der Waals surface area contributed by atoms with Crippen molar-refractivity contribution < 1.29 is 14.1 Å². The van der Waals surface area contributed by atoms with Crippen LogP contribution in [-0.4, -0.2) is 46.5 Å². The van der Waals surface area contributed by atoms with Gasteiger partial charge in [0.2, 0.25) is 5.91 Å². The van der Waals surface area contributed by atoms with Crippen LogP contribution in [0.25, 0.3) is 0 Å². The molecule has 2 amide bonds. The summed E-state index contributed by atoms with van der Waals surface area (Å²) in [6.07, 6.45) is 9.13. The van der Waals surface area contributed by atoms with E-state index in [1.54, 1.807) is 6.07 Å². The third-order valence-electron chi connectivity index (χ3n) is 6.78. The van der Waals surface area contributed by atoms with Gasteiger partial charge in [0, 0.05) is 37.0 Å². The topological polar surface area (TPSA) is 101 Å². The second kappa shape index (κ2) is 7.85. The smallest absolute Gasteiger partial charge is 0.273 e. The number of likely N-dealkylation sites (tertiary alicyclic amines) is 1. The Hall–Kier alpha value is -1.89. The molecule has 0 bridgehead atoms. The van der Waals surface area contributed by atoms with Crippen LogP contribution in [0.1, 0.15) is 86.9 Å². The molecule has 28 heavy (non-hydrogen) atoms. The van der Waals surface area contributed by atoms with Crippen molar-refractivity contribution in [2.45, 2.75) is 82.2 Å².